The fraction of sp³-hybridized carbons (Fsp3) is 0.333. The van der Waals surface area contributed by atoms with Gasteiger partial charge in [0.25, 0.3) is 0 Å². The molecule has 7 nitrogen and oxygen atoms in total. The average molecular weight is 295 g/mol. The van der Waals surface area contributed by atoms with E-state index in [0.29, 0.717) is 17.9 Å². The summed E-state index contributed by atoms with van der Waals surface area (Å²) in [5.74, 6) is 0.423. The van der Waals surface area contributed by atoms with Crippen LogP contribution in [0, 0.1) is 6.92 Å². The van der Waals surface area contributed by atoms with E-state index in [-0.39, 0.29) is 11.4 Å². The summed E-state index contributed by atoms with van der Waals surface area (Å²) in [4.78, 5) is 4.21. The van der Waals surface area contributed by atoms with Crippen LogP contribution in [0.5, 0.6) is 0 Å². The molecule has 2 rings (SSSR count). The van der Waals surface area contributed by atoms with Gasteiger partial charge in [0.05, 0.1) is 11.4 Å². The lowest BCUT2D eigenvalue weighted by Crippen LogP contribution is -2.24. The van der Waals surface area contributed by atoms with E-state index >= 15 is 0 Å². The Labute approximate surface area is 117 Å². The second-order valence-electron chi connectivity index (χ2n) is 4.46. The first-order valence-electron chi connectivity index (χ1n) is 6.06. The highest BCUT2D eigenvalue weighted by Gasteiger charge is 2.17. The molecule has 3 N–H and O–H groups in total. The van der Waals surface area contributed by atoms with Gasteiger partial charge in [-0.2, -0.15) is 5.10 Å². The molecule has 0 aliphatic carbocycles. The number of aryl methyl sites for hydroxylation is 2. The van der Waals surface area contributed by atoms with Crippen LogP contribution in [0.2, 0.25) is 0 Å². The highest BCUT2D eigenvalue weighted by molar-refractivity contribution is 7.89. The predicted octanol–water partition coefficient (Wildman–Crippen LogP) is 0.0607. The van der Waals surface area contributed by atoms with E-state index in [1.807, 2.05) is 0 Å². The molecule has 0 saturated carbocycles. The van der Waals surface area contributed by atoms with Crippen molar-refractivity contribution in [3.05, 3.63) is 41.5 Å². The summed E-state index contributed by atoms with van der Waals surface area (Å²) in [7, 11) is -1.86. The van der Waals surface area contributed by atoms with Crippen molar-refractivity contribution in [3.63, 3.8) is 0 Å². The number of nitrogens with zero attached hydrogens (tertiary/aromatic N) is 3. The summed E-state index contributed by atoms with van der Waals surface area (Å²) in [5, 5.41) is 4.02. The number of nitrogens with one attached hydrogen (secondary N) is 1. The fourth-order valence-electron chi connectivity index (χ4n) is 1.84. The number of rotatable bonds is 5. The zero-order valence-electron chi connectivity index (χ0n) is 11.4. The Morgan fingerprint density at radius 1 is 1.40 bits per heavy atom. The van der Waals surface area contributed by atoms with Gasteiger partial charge >= 0.3 is 0 Å². The van der Waals surface area contributed by atoms with E-state index in [1.54, 1.807) is 32.2 Å². The Morgan fingerprint density at radius 3 is 2.70 bits per heavy atom. The second kappa shape index (κ2) is 5.70. The molecule has 1 aromatic heterocycles. The molecule has 2 aromatic rings. The molecule has 0 aliphatic rings. The molecule has 1 aromatic carbocycles. The smallest absolute Gasteiger partial charge is 0.241 e. The minimum Gasteiger partial charge on any atom is -0.326 e. The molecule has 0 amide bonds. The van der Waals surface area contributed by atoms with Crippen molar-refractivity contribution in [3.8, 4) is 0 Å². The van der Waals surface area contributed by atoms with E-state index in [1.165, 1.54) is 11.0 Å². The summed E-state index contributed by atoms with van der Waals surface area (Å²) in [6.07, 6.45) is 1.52. The summed E-state index contributed by atoms with van der Waals surface area (Å²) in [6.45, 7) is 2.18. The van der Waals surface area contributed by atoms with E-state index in [9.17, 15) is 8.42 Å². The molecule has 108 valence electrons. The molecular formula is C12H17N5O2S. The molecule has 0 unspecified atom stereocenters. The van der Waals surface area contributed by atoms with Gasteiger partial charge in [-0.1, -0.05) is 12.1 Å². The Balaban J connectivity index is 2.18. The number of sulfonamides is 1. The first kappa shape index (κ1) is 14.6. The van der Waals surface area contributed by atoms with Crippen LogP contribution >= 0.6 is 0 Å². The van der Waals surface area contributed by atoms with Crippen LogP contribution in [0.4, 0.5) is 0 Å². The average Bonchev–Trinajstić information content (AvgIpc) is 2.82. The van der Waals surface area contributed by atoms with Crippen molar-refractivity contribution in [2.75, 3.05) is 0 Å². The fourth-order valence-corrected chi connectivity index (χ4v) is 3.05. The first-order chi connectivity index (χ1) is 9.42. The predicted molar refractivity (Wildman–Crippen MR) is 74.1 cm³/mol. The molecule has 0 fully saturated rings. The van der Waals surface area contributed by atoms with Crippen LogP contribution in [0.25, 0.3) is 0 Å². The van der Waals surface area contributed by atoms with Gasteiger partial charge in [0.2, 0.25) is 10.0 Å². The van der Waals surface area contributed by atoms with Crippen molar-refractivity contribution < 1.29 is 8.42 Å². The SMILES string of the molecule is Cc1cc(CN)ccc1S(=O)(=O)NCc1ncn(C)n1. The van der Waals surface area contributed by atoms with Crippen LogP contribution in [-0.2, 0) is 30.2 Å². The zero-order chi connectivity index (χ0) is 14.8. The van der Waals surface area contributed by atoms with Crippen LogP contribution < -0.4 is 10.5 Å². The molecule has 0 atom stereocenters. The highest BCUT2D eigenvalue weighted by Crippen LogP contribution is 2.16. The van der Waals surface area contributed by atoms with E-state index in [2.05, 4.69) is 14.8 Å². The quantitative estimate of drug-likeness (QED) is 0.812. The van der Waals surface area contributed by atoms with Gasteiger partial charge < -0.3 is 5.73 Å². The maximum absolute atomic E-state index is 12.2. The number of benzene rings is 1. The maximum Gasteiger partial charge on any atom is 0.241 e. The monoisotopic (exact) mass is 295 g/mol. The Kier molecular flexibility index (Phi) is 4.17. The number of hydrogen-bond donors (Lipinski definition) is 2. The normalized spacial score (nSPS) is 11.8. The highest BCUT2D eigenvalue weighted by atomic mass is 32.2. The molecular weight excluding hydrogens is 278 g/mol. The van der Waals surface area contributed by atoms with Gasteiger partial charge in [-0.25, -0.2) is 18.1 Å². The second-order valence-corrected chi connectivity index (χ2v) is 6.20. The third kappa shape index (κ3) is 3.21. The standard InChI is InChI=1S/C12H17N5O2S/c1-9-5-10(6-13)3-4-11(9)20(18,19)15-7-12-14-8-17(2)16-12/h3-5,8,15H,6-7,13H2,1-2H3. The third-order valence-corrected chi connectivity index (χ3v) is 4.39. The van der Waals surface area contributed by atoms with Gasteiger partial charge in [0.15, 0.2) is 5.82 Å². The molecule has 0 radical (unpaired) electrons. The summed E-state index contributed by atoms with van der Waals surface area (Å²) >= 11 is 0. The Bertz CT molecular complexity index is 708. The molecule has 0 saturated heterocycles. The van der Waals surface area contributed by atoms with Crippen LogP contribution in [0.15, 0.2) is 29.4 Å². The third-order valence-electron chi connectivity index (χ3n) is 2.83. The minimum absolute atomic E-state index is 0.0568. The van der Waals surface area contributed by atoms with Crippen LogP contribution in [0.1, 0.15) is 17.0 Å². The van der Waals surface area contributed by atoms with Gasteiger partial charge in [-0.15, -0.1) is 0 Å². The molecule has 0 bridgehead atoms. The topological polar surface area (TPSA) is 103 Å². The van der Waals surface area contributed by atoms with Crippen molar-refractivity contribution in [1.29, 1.82) is 0 Å². The molecule has 1 heterocycles. The lowest BCUT2D eigenvalue weighted by atomic mass is 10.1. The van der Waals surface area contributed by atoms with Gasteiger partial charge in [-0.05, 0) is 24.1 Å². The summed E-state index contributed by atoms with van der Waals surface area (Å²) < 4.78 is 28.5. The molecule has 0 aliphatic heterocycles. The lowest BCUT2D eigenvalue weighted by molar-refractivity contribution is 0.578. The van der Waals surface area contributed by atoms with Gasteiger partial charge in [0, 0.05) is 13.6 Å². The molecule has 0 spiro atoms. The van der Waals surface area contributed by atoms with Crippen molar-refractivity contribution in [2.24, 2.45) is 12.8 Å². The number of hydrogen-bond acceptors (Lipinski definition) is 5. The van der Waals surface area contributed by atoms with E-state index in [4.69, 9.17) is 5.73 Å². The summed E-state index contributed by atoms with van der Waals surface area (Å²) in [5.41, 5.74) is 7.09. The molecule has 8 heteroatoms. The van der Waals surface area contributed by atoms with E-state index in [0.717, 1.165) is 5.56 Å². The van der Waals surface area contributed by atoms with E-state index < -0.39 is 10.0 Å². The minimum atomic E-state index is -3.58. The van der Waals surface area contributed by atoms with Crippen molar-refractivity contribution in [1.82, 2.24) is 19.5 Å². The van der Waals surface area contributed by atoms with Crippen molar-refractivity contribution >= 4 is 10.0 Å². The largest absolute Gasteiger partial charge is 0.326 e. The summed E-state index contributed by atoms with van der Waals surface area (Å²) in [6, 6.07) is 5.04. The number of aromatic nitrogens is 3. The van der Waals surface area contributed by atoms with Crippen LogP contribution in [0.3, 0.4) is 0 Å². The Morgan fingerprint density at radius 2 is 2.15 bits per heavy atom. The van der Waals surface area contributed by atoms with Gasteiger partial charge in [0.1, 0.15) is 6.33 Å². The number of nitrogens with two attached hydrogens (primary N) is 1. The lowest BCUT2D eigenvalue weighted by Gasteiger charge is -2.09. The maximum atomic E-state index is 12.2. The van der Waals surface area contributed by atoms with Gasteiger partial charge in [-0.3, -0.25) is 4.68 Å². The first-order valence-corrected chi connectivity index (χ1v) is 7.54. The van der Waals surface area contributed by atoms with Crippen LogP contribution in [-0.4, -0.2) is 23.2 Å². The molecule has 20 heavy (non-hydrogen) atoms. The Hall–Kier alpha value is -1.77. The van der Waals surface area contributed by atoms with Crippen molar-refractivity contribution in [2.45, 2.75) is 24.9 Å². The zero-order valence-corrected chi connectivity index (χ0v) is 12.2.